The predicted molar refractivity (Wildman–Crippen MR) is 85.9 cm³/mol. The fraction of sp³-hybridized carbons (Fsp3) is 0.400. The molecular weight excluding hydrogens is 312 g/mol. The van der Waals surface area contributed by atoms with Gasteiger partial charge in [0, 0.05) is 18.6 Å². The van der Waals surface area contributed by atoms with Gasteiger partial charge in [0.15, 0.2) is 0 Å². The maximum atomic E-state index is 12.4. The van der Waals surface area contributed by atoms with E-state index in [4.69, 9.17) is 4.74 Å². The first-order valence-electron chi connectivity index (χ1n) is 7.83. The van der Waals surface area contributed by atoms with Crippen LogP contribution in [0, 0.1) is 0 Å². The minimum atomic E-state index is -0.469. The lowest BCUT2D eigenvalue weighted by Gasteiger charge is -2.30. The van der Waals surface area contributed by atoms with Gasteiger partial charge in [0.1, 0.15) is 17.4 Å². The van der Waals surface area contributed by atoms with Crippen LogP contribution < -0.4 is 16.2 Å². The molecule has 1 fully saturated rings. The Morgan fingerprint density at radius 2 is 2.29 bits per heavy atom. The summed E-state index contributed by atoms with van der Waals surface area (Å²) in [5.41, 5.74) is 6.41. The average molecular weight is 332 g/mol. The summed E-state index contributed by atoms with van der Waals surface area (Å²) in [6, 6.07) is 1.18. The van der Waals surface area contributed by atoms with E-state index in [9.17, 15) is 9.59 Å². The lowest BCUT2D eigenvalue weighted by molar-refractivity contribution is -0.119. The molecule has 24 heavy (non-hydrogen) atoms. The Morgan fingerprint density at radius 3 is 2.96 bits per heavy atom. The number of rotatable bonds is 5. The Morgan fingerprint density at radius 1 is 1.42 bits per heavy atom. The molecule has 9 nitrogen and oxygen atoms in total. The molecule has 2 aromatic heterocycles. The summed E-state index contributed by atoms with van der Waals surface area (Å²) < 4.78 is 6.90. The van der Waals surface area contributed by atoms with E-state index < -0.39 is 12.0 Å². The van der Waals surface area contributed by atoms with Crippen molar-refractivity contribution in [3.8, 4) is 0 Å². The van der Waals surface area contributed by atoms with Gasteiger partial charge >= 0.3 is 5.97 Å². The summed E-state index contributed by atoms with van der Waals surface area (Å²) in [5, 5.41) is 2.73. The molecular formula is C15H20N6O3. The van der Waals surface area contributed by atoms with Gasteiger partial charge in [-0.15, -0.1) is 0 Å². The molecule has 0 radical (unpaired) electrons. The Hall–Kier alpha value is -2.65. The highest BCUT2D eigenvalue weighted by Crippen LogP contribution is 2.18. The molecule has 3 heterocycles. The van der Waals surface area contributed by atoms with E-state index in [2.05, 4.69) is 26.1 Å². The number of aromatic nitrogens is 3. The summed E-state index contributed by atoms with van der Waals surface area (Å²) in [5.74, 6) is -0.347. The first kappa shape index (κ1) is 16.2. The smallest absolute Gasteiger partial charge is 0.341 e. The van der Waals surface area contributed by atoms with Crippen LogP contribution in [-0.2, 0) is 9.53 Å². The van der Waals surface area contributed by atoms with Gasteiger partial charge in [-0.05, 0) is 25.8 Å². The molecule has 0 spiro atoms. The maximum absolute atomic E-state index is 12.4. The normalized spacial score (nSPS) is 20.5. The van der Waals surface area contributed by atoms with Gasteiger partial charge in [-0.3, -0.25) is 4.79 Å². The molecule has 3 rings (SSSR count). The number of anilines is 1. The van der Waals surface area contributed by atoms with Gasteiger partial charge in [-0.25, -0.2) is 20.6 Å². The van der Waals surface area contributed by atoms with Crippen LogP contribution >= 0.6 is 0 Å². The van der Waals surface area contributed by atoms with E-state index in [0.29, 0.717) is 17.8 Å². The fourth-order valence-electron chi connectivity index (χ4n) is 2.60. The van der Waals surface area contributed by atoms with Crippen LogP contribution in [0.25, 0.3) is 0 Å². The molecule has 0 saturated carbocycles. The number of hydrazine groups is 1. The van der Waals surface area contributed by atoms with E-state index in [1.807, 2.05) is 10.8 Å². The summed E-state index contributed by atoms with van der Waals surface area (Å²) in [4.78, 5) is 31.1. The zero-order valence-electron chi connectivity index (χ0n) is 13.3. The Balaban J connectivity index is 1.57. The van der Waals surface area contributed by atoms with Gasteiger partial charge in [0.05, 0.1) is 19.1 Å². The second-order valence-electron chi connectivity index (χ2n) is 5.42. The molecule has 2 unspecified atom stereocenters. The number of hydrogen-bond donors (Lipinski definition) is 4. The largest absolute Gasteiger partial charge is 0.462 e. The van der Waals surface area contributed by atoms with E-state index in [-0.39, 0.29) is 18.7 Å². The second kappa shape index (κ2) is 7.28. The minimum absolute atomic E-state index is 0.0529. The zero-order chi connectivity index (χ0) is 16.9. The summed E-state index contributed by atoms with van der Waals surface area (Å²) in [6.45, 7) is 2.01. The Kier molecular flexibility index (Phi) is 4.92. The lowest BCUT2D eigenvalue weighted by Crippen LogP contribution is -2.54. The van der Waals surface area contributed by atoms with E-state index in [0.717, 1.165) is 6.42 Å². The third kappa shape index (κ3) is 3.47. The third-order valence-electron chi connectivity index (χ3n) is 3.84. The zero-order valence-corrected chi connectivity index (χ0v) is 13.3. The molecule has 2 aromatic rings. The van der Waals surface area contributed by atoms with Crippen LogP contribution in [0.5, 0.6) is 0 Å². The van der Waals surface area contributed by atoms with Crippen molar-refractivity contribution in [1.82, 2.24) is 25.4 Å². The SMILES string of the molecule is CCOC(=O)c1cc[nH]c1NC(=O)C1CCC(n2ccnc2)NN1. The molecule has 2 atom stereocenters. The molecule has 0 aliphatic carbocycles. The quantitative estimate of drug-likeness (QED) is 0.602. The van der Waals surface area contributed by atoms with Crippen molar-refractivity contribution in [1.29, 1.82) is 0 Å². The number of ether oxygens (including phenoxy) is 1. The van der Waals surface area contributed by atoms with Crippen molar-refractivity contribution in [2.24, 2.45) is 0 Å². The summed E-state index contributed by atoms with van der Waals surface area (Å²) >= 11 is 0. The molecule has 0 bridgehead atoms. The van der Waals surface area contributed by atoms with E-state index in [1.54, 1.807) is 31.7 Å². The van der Waals surface area contributed by atoms with Crippen LogP contribution in [0.3, 0.4) is 0 Å². The van der Waals surface area contributed by atoms with Crippen LogP contribution in [0.4, 0.5) is 5.82 Å². The molecule has 9 heteroatoms. The number of carbonyl (C=O) groups excluding carboxylic acids is 2. The first-order chi connectivity index (χ1) is 11.7. The van der Waals surface area contributed by atoms with Crippen molar-refractivity contribution in [3.05, 3.63) is 36.5 Å². The van der Waals surface area contributed by atoms with Crippen molar-refractivity contribution in [3.63, 3.8) is 0 Å². The van der Waals surface area contributed by atoms with Crippen LogP contribution in [0.1, 0.15) is 36.3 Å². The predicted octanol–water partition coefficient (Wildman–Crippen LogP) is 0.782. The van der Waals surface area contributed by atoms with E-state index >= 15 is 0 Å². The summed E-state index contributed by atoms with van der Waals surface area (Å²) in [6.07, 6.45) is 8.37. The standard InChI is InChI=1S/C15H20N6O3/c1-2-24-15(23)10-5-6-17-13(10)18-14(22)11-3-4-12(20-19-11)21-8-7-16-9-21/h5-9,11-12,17,19-20H,2-4H2,1H3,(H,18,22). The number of hydrogen-bond acceptors (Lipinski definition) is 6. The first-order valence-corrected chi connectivity index (χ1v) is 7.83. The molecule has 1 amide bonds. The molecule has 1 aliphatic heterocycles. The number of carbonyl (C=O) groups is 2. The van der Waals surface area contributed by atoms with Gasteiger partial charge < -0.3 is 19.6 Å². The monoisotopic (exact) mass is 332 g/mol. The third-order valence-corrected chi connectivity index (χ3v) is 3.84. The number of H-pyrrole nitrogens is 1. The van der Waals surface area contributed by atoms with Gasteiger partial charge in [-0.1, -0.05) is 0 Å². The van der Waals surface area contributed by atoms with Crippen LogP contribution in [0.15, 0.2) is 31.0 Å². The number of amides is 1. The van der Waals surface area contributed by atoms with Crippen LogP contribution in [-0.4, -0.2) is 39.1 Å². The lowest BCUT2D eigenvalue weighted by atomic mass is 10.1. The Bertz CT molecular complexity index is 688. The van der Waals surface area contributed by atoms with Crippen LogP contribution in [0.2, 0.25) is 0 Å². The van der Waals surface area contributed by atoms with Crippen molar-refractivity contribution in [2.75, 3.05) is 11.9 Å². The van der Waals surface area contributed by atoms with E-state index in [1.165, 1.54) is 0 Å². The van der Waals surface area contributed by atoms with Crippen molar-refractivity contribution < 1.29 is 14.3 Å². The fourth-order valence-corrected chi connectivity index (χ4v) is 2.60. The summed E-state index contributed by atoms with van der Waals surface area (Å²) in [7, 11) is 0. The number of nitrogens with zero attached hydrogens (tertiary/aromatic N) is 2. The number of nitrogens with one attached hydrogen (secondary N) is 4. The molecule has 128 valence electrons. The van der Waals surface area contributed by atoms with Crippen molar-refractivity contribution in [2.45, 2.75) is 32.0 Å². The van der Waals surface area contributed by atoms with Crippen molar-refractivity contribution >= 4 is 17.7 Å². The topological polar surface area (TPSA) is 113 Å². The molecule has 1 saturated heterocycles. The van der Waals surface area contributed by atoms with Gasteiger partial charge in [-0.2, -0.15) is 0 Å². The maximum Gasteiger partial charge on any atom is 0.341 e. The second-order valence-corrected chi connectivity index (χ2v) is 5.42. The minimum Gasteiger partial charge on any atom is -0.462 e. The van der Waals surface area contributed by atoms with Gasteiger partial charge in [0.25, 0.3) is 0 Å². The highest BCUT2D eigenvalue weighted by molar-refractivity contribution is 6.01. The number of esters is 1. The number of imidazole rings is 1. The number of aromatic amines is 1. The van der Waals surface area contributed by atoms with Gasteiger partial charge in [0.2, 0.25) is 5.91 Å². The molecule has 0 aromatic carbocycles. The molecule has 1 aliphatic rings. The Labute approximate surface area is 138 Å². The average Bonchev–Trinajstić information content (AvgIpc) is 3.27. The highest BCUT2D eigenvalue weighted by Gasteiger charge is 2.27. The highest BCUT2D eigenvalue weighted by atomic mass is 16.5. The molecule has 4 N–H and O–H groups in total.